The SMILES string of the molecule is [C-]#[N+]c1cc(-n2c3ccc(-c4c(C)cc(C)cc4C)cc3c3cc(-c4c(C)cc(C)cc4C)ccc32)c(-n2c3ccc(-c4c(C)cc(C)cc4C)cc3c3cc(-c4c(C)cc(C)cc4C)ccc32)cc1-c1cc(C)cc(C#N)c1. The minimum Gasteiger partial charge on any atom is -0.308 e. The Morgan fingerprint density at radius 1 is 0.329 bits per heavy atom. The van der Waals surface area contributed by atoms with Crippen LogP contribution in [0, 0.1) is 108 Å². The molecular formula is C75H64N4. The van der Waals surface area contributed by atoms with E-state index in [-0.39, 0.29) is 0 Å². The summed E-state index contributed by atoms with van der Waals surface area (Å²) in [4.78, 5) is 4.35. The molecule has 0 saturated heterocycles. The molecule has 12 rings (SSSR count). The molecule has 79 heavy (non-hydrogen) atoms. The third-order valence-electron chi connectivity index (χ3n) is 16.6. The Labute approximate surface area is 465 Å². The number of hydrogen-bond donors (Lipinski definition) is 0. The summed E-state index contributed by atoms with van der Waals surface area (Å²) in [5.74, 6) is 0. The van der Waals surface area contributed by atoms with E-state index >= 15 is 0 Å². The molecule has 4 nitrogen and oxygen atoms in total. The molecular weight excluding hydrogens is 957 g/mol. The second-order valence-corrected chi connectivity index (χ2v) is 22.9. The fourth-order valence-electron chi connectivity index (χ4n) is 14.0. The molecule has 0 spiro atoms. The summed E-state index contributed by atoms with van der Waals surface area (Å²) in [6.07, 6.45) is 0. The van der Waals surface area contributed by atoms with Gasteiger partial charge in [-0.25, -0.2) is 4.85 Å². The first-order valence-electron chi connectivity index (χ1n) is 27.5. The van der Waals surface area contributed by atoms with Crippen LogP contribution < -0.4 is 0 Å². The third kappa shape index (κ3) is 8.43. The van der Waals surface area contributed by atoms with E-state index in [9.17, 15) is 5.26 Å². The van der Waals surface area contributed by atoms with E-state index in [2.05, 4.69) is 243 Å². The molecule has 12 aromatic rings. The van der Waals surface area contributed by atoms with Gasteiger partial charge in [0.05, 0.1) is 51.6 Å². The first-order valence-corrected chi connectivity index (χ1v) is 27.5. The highest BCUT2D eigenvalue weighted by atomic mass is 15.1. The first kappa shape index (κ1) is 50.6. The summed E-state index contributed by atoms with van der Waals surface area (Å²) in [6, 6.07) is 58.9. The lowest BCUT2D eigenvalue weighted by Gasteiger charge is -2.20. The molecule has 2 aromatic heterocycles. The van der Waals surface area contributed by atoms with Crippen LogP contribution in [0.3, 0.4) is 0 Å². The molecule has 0 aliphatic carbocycles. The lowest BCUT2D eigenvalue weighted by Crippen LogP contribution is -2.04. The van der Waals surface area contributed by atoms with Crippen molar-refractivity contribution in [3.63, 3.8) is 0 Å². The van der Waals surface area contributed by atoms with Crippen LogP contribution in [0.25, 0.3) is 115 Å². The van der Waals surface area contributed by atoms with Gasteiger partial charge in [-0.3, -0.25) is 0 Å². The van der Waals surface area contributed by atoms with Gasteiger partial charge >= 0.3 is 0 Å². The number of nitriles is 1. The summed E-state index contributed by atoms with van der Waals surface area (Å²) >= 11 is 0. The van der Waals surface area contributed by atoms with Gasteiger partial charge in [0.15, 0.2) is 5.69 Å². The van der Waals surface area contributed by atoms with Crippen molar-refractivity contribution >= 4 is 49.3 Å². The summed E-state index contributed by atoms with van der Waals surface area (Å²) in [5.41, 5.74) is 34.4. The molecule has 0 atom stereocenters. The Hall–Kier alpha value is -9.22. The van der Waals surface area contributed by atoms with Crippen LogP contribution in [0.5, 0.6) is 0 Å². The predicted octanol–water partition coefficient (Wildman–Crippen LogP) is 20.6. The molecule has 0 unspecified atom stereocenters. The molecule has 0 aliphatic rings. The summed E-state index contributed by atoms with van der Waals surface area (Å²) in [6.45, 7) is 37.5. The Morgan fingerprint density at radius 2 is 0.620 bits per heavy atom. The van der Waals surface area contributed by atoms with Crippen molar-refractivity contribution in [2.75, 3.05) is 0 Å². The molecule has 0 aliphatic heterocycles. The highest BCUT2D eigenvalue weighted by Gasteiger charge is 2.25. The largest absolute Gasteiger partial charge is 0.308 e. The van der Waals surface area contributed by atoms with Crippen molar-refractivity contribution in [3.05, 3.63) is 241 Å². The maximum atomic E-state index is 10.3. The van der Waals surface area contributed by atoms with Crippen molar-refractivity contribution in [1.82, 2.24) is 9.13 Å². The van der Waals surface area contributed by atoms with E-state index in [1.165, 1.54) is 111 Å². The van der Waals surface area contributed by atoms with Crippen LogP contribution in [0.1, 0.15) is 77.9 Å². The summed E-state index contributed by atoms with van der Waals surface area (Å²) in [5, 5.41) is 14.9. The zero-order valence-electron chi connectivity index (χ0n) is 47.7. The van der Waals surface area contributed by atoms with E-state index < -0.39 is 0 Å². The predicted molar refractivity (Wildman–Crippen MR) is 335 cm³/mol. The fraction of sp³-hybridized carbons (Fsp3) is 0.173. The van der Waals surface area contributed by atoms with E-state index in [4.69, 9.17) is 6.57 Å². The van der Waals surface area contributed by atoms with Crippen molar-refractivity contribution < 1.29 is 0 Å². The lowest BCUT2D eigenvalue weighted by molar-refractivity contribution is 1.10. The van der Waals surface area contributed by atoms with Gasteiger partial charge in [-0.2, -0.15) is 5.26 Å². The van der Waals surface area contributed by atoms with Gasteiger partial charge in [-0.05, 0) is 269 Å². The Balaban J connectivity index is 1.23. The highest BCUT2D eigenvalue weighted by molar-refractivity contribution is 6.15. The van der Waals surface area contributed by atoms with E-state index in [1.54, 1.807) is 0 Å². The molecule has 0 N–H and O–H groups in total. The Morgan fingerprint density at radius 3 is 0.911 bits per heavy atom. The maximum Gasteiger partial charge on any atom is 0.197 e. The number of nitrogens with zero attached hydrogens (tertiary/aromatic N) is 4. The van der Waals surface area contributed by atoms with Crippen LogP contribution in [0.2, 0.25) is 0 Å². The van der Waals surface area contributed by atoms with Crippen molar-refractivity contribution in [3.8, 4) is 73.1 Å². The van der Waals surface area contributed by atoms with Gasteiger partial charge in [0.1, 0.15) is 0 Å². The van der Waals surface area contributed by atoms with Crippen LogP contribution in [-0.4, -0.2) is 9.13 Å². The summed E-state index contributed by atoms with van der Waals surface area (Å²) in [7, 11) is 0. The third-order valence-corrected chi connectivity index (χ3v) is 16.6. The molecule has 4 heteroatoms. The van der Waals surface area contributed by atoms with Crippen molar-refractivity contribution in [2.45, 2.75) is 90.0 Å². The highest BCUT2D eigenvalue weighted by Crippen LogP contribution is 2.47. The monoisotopic (exact) mass is 1020 g/mol. The van der Waals surface area contributed by atoms with Gasteiger partial charge in [0.25, 0.3) is 0 Å². The van der Waals surface area contributed by atoms with Crippen LogP contribution in [-0.2, 0) is 0 Å². The second-order valence-electron chi connectivity index (χ2n) is 22.9. The van der Waals surface area contributed by atoms with Gasteiger partial charge in [-0.1, -0.05) is 101 Å². The number of aromatic nitrogens is 2. The van der Waals surface area contributed by atoms with Gasteiger partial charge in [-0.15, -0.1) is 0 Å². The number of hydrogen-bond acceptors (Lipinski definition) is 1. The summed E-state index contributed by atoms with van der Waals surface area (Å²) < 4.78 is 4.85. The van der Waals surface area contributed by atoms with E-state index in [0.717, 1.165) is 71.7 Å². The molecule has 2 heterocycles. The van der Waals surface area contributed by atoms with E-state index in [0.29, 0.717) is 11.3 Å². The van der Waals surface area contributed by atoms with Crippen molar-refractivity contribution in [2.24, 2.45) is 0 Å². The number of benzene rings is 10. The molecule has 0 bridgehead atoms. The molecule has 0 amide bonds. The van der Waals surface area contributed by atoms with Crippen molar-refractivity contribution in [1.29, 1.82) is 5.26 Å². The zero-order chi connectivity index (χ0) is 55.5. The topological polar surface area (TPSA) is 38.0 Å². The van der Waals surface area contributed by atoms with Crippen LogP contribution in [0.4, 0.5) is 5.69 Å². The number of fused-ring (bicyclic) bond motifs is 6. The number of aryl methyl sites for hydroxylation is 13. The second kappa shape index (κ2) is 19.1. The fourth-order valence-corrected chi connectivity index (χ4v) is 14.0. The smallest absolute Gasteiger partial charge is 0.197 e. The minimum absolute atomic E-state index is 0.509. The maximum absolute atomic E-state index is 10.3. The van der Waals surface area contributed by atoms with Crippen LogP contribution in [0.15, 0.2) is 152 Å². The zero-order valence-corrected chi connectivity index (χ0v) is 47.7. The average Bonchev–Trinajstić information content (AvgIpc) is 3.83. The number of rotatable bonds is 7. The Kier molecular flexibility index (Phi) is 12.2. The standard InChI is InChI=1S/C75H64N4/c1-41-23-46(6)72(47(7)24-41)55-15-19-66-61(34-55)62-35-56(73-48(8)25-42(2)26-49(73)9)16-20-67(62)78(66)70-38-60(59-32-45(5)31-54(33-59)40-76)65(77-14)39-71(70)79-68-21-17-57(74-50(10)27-43(3)28-51(74)11)36-63(68)64-37-58(18-22-69(64)79)75-52(12)29-44(4)30-53(75)13/h15-39H,1-13H3. The lowest BCUT2D eigenvalue weighted by atomic mass is 9.91. The molecule has 0 radical (unpaired) electrons. The molecule has 0 saturated carbocycles. The average molecular weight is 1020 g/mol. The molecule has 10 aromatic carbocycles. The van der Waals surface area contributed by atoms with Gasteiger partial charge in [0, 0.05) is 21.5 Å². The van der Waals surface area contributed by atoms with Gasteiger partial charge < -0.3 is 9.13 Å². The molecule has 0 fully saturated rings. The first-order chi connectivity index (χ1) is 37.9. The Bertz CT molecular complexity index is 4380. The normalized spacial score (nSPS) is 11.6. The minimum atomic E-state index is 0.509. The quantitative estimate of drug-likeness (QED) is 0.147. The van der Waals surface area contributed by atoms with E-state index in [1.807, 2.05) is 19.1 Å². The van der Waals surface area contributed by atoms with Crippen LogP contribution >= 0.6 is 0 Å². The van der Waals surface area contributed by atoms with Gasteiger partial charge in [0.2, 0.25) is 0 Å². The molecule has 384 valence electrons.